The quantitative estimate of drug-likeness (QED) is 0.499. The van der Waals surface area contributed by atoms with Gasteiger partial charge in [0.25, 0.3) is 0 Å². The van der Waals surface area contributed by atoms with Crippen LogP contribution in [0.3, 0.4) is 0 Å². The molecule has 1 aliphatic heterocycles. The molecule has 0 radical (unpaired) electrons. The van der Waals surface area contributed by atoms with Gasteiger partial charge in [0.05, 0.1) is 19.6 Å². The lowest BCUT2D eigenvalue weighted by atomic mass is 10.0. The third-order valence-corrected chi connectivity index (χ3v) is 6.41. The first-order chi connectivity index (χ1) is 14.0. The number of rotatable bonds is 6. The van der Waals surface area contributed by atoms with E-state index in [2.05, 4.69) is 39.8 Å². The van der Waals surface area contributed by atoms with E-state index in [1.807, 2.05) is 14.1 Å². The molecule has 1 atom stereocenters. The lowest BCUT2D eigenvalue weighted by Gasteiger charge is -2.26. The molecular weight excluding hydrogens is 364 g/mol. The largest absolute Gasteiger partial charge is 0.378 e. The molecule has 29 heavy (non-hydrogen) atoms. The average molecular weight is 402 g/mol. The molecule has 1 aliphatic carbocycles. The highest BCUT2D eigenvalue weighted by Crippen LogP contribution is 2.18. The van der Waals surface area contributed by atoms with Gasteiger partial charge in [-0.3, -0.25) is 9.59 Å². The highest BCUT2D eigenvalue weighted by Gasteiger charge is 2.29. The molecule has 1 saturated heterocycles. The second-order valence-electron chi connectivity index (χ2n) is 8.78. The molecular formula is C23H37N4O2+. The van der Waals surface area contributed by atoms with Gasteiger partial charge in [-0.05, 0) is 25.0 Å². The number of quaternary nitrogens is 1. The Morgan fingerprint density at radius 3 is 2.17 bits per heavy atom. The minimum atomic E-state index is -0.497. The molecule has 1 aromatic carbocycles. The third kappa shape index (κ3) is 6.20. The van der Waals surface area contributed by atoms with Crippen molar-refractivity contribution in [1.29, 1.82) is 0 Å². The summed E-state index contributed by atoms with van der Waals surface area (Å²) in [4.78, 5) is 28.4. The first kappa shape index (κ1) is 21.6. The van der Waals surface area contributed by atoms with Gasteiger partial charge in [0.2, 0.25) is 0 Å². The molecule has 1 saturated carbocycles. The van der Waals surface area contributed by atoms with Crippen molar-refractivity contribution in [3.63, 3.8) is 0 Å². The molecule has 0 aromatic heterocycles. The Kier molecular flexibility index (Phi) is 7.92. The maximum atomic E-state index is 12.5. The predicted molar refractivity (Wildman–Crippen MR) is 116 cm³/mol. The summed E-state index contributed by atoms with van der Waals surface area (Å²) in [5, 5.41) is 5.87. The van der Waals surface area contributed by atoms with Crippen molar-refractivity contribution in [2.75, 3.05) is 38.6 Å². The Morgan fingerprint density at radius 2 is 1.59 bits per heavy atom. The molecule has 2 fully saturated rings. The molecule has 2 amide bonds. The van der Waals surface area contributed by atoms with Crippen LogP contribution in [0.15, 0.2) is 24.3 Å². The van der Waals surface area contributed by atoms with Gasteiger partial charge in [-0.2, -0.15) is 0 Å². The van der Waals surface area contributed by atoms with Gasteiger partial charge in [-0.25, -0.2) is 0 Å². The van der Waals surface area contributed by atoms with Gasteiger partial charge in [0.1, 0.15) is 6.04 Å². The van der Waals surface area contributed by atoms with E-state index in [1.165, 1.54) is 36.1 Å². The molecule has 0 unspecified atom stereocenters. The summed E-state index contributed by atoms with van der Waals surface area (Å²) in [6.45, 7) is 2.72. The summed E-state index contributed by atoms with van der Waals surface area (Å²) in [6, 6.07) is 8.89. The second kappa shape index (κ2) is 10.6. The molecule has 6 heteroatoms. The van der Waals surface area contributed by atoms with E-state index in [0.29, 0.717) is 6.54 Å². The lowest BCUT2D eigenvalue weighted by Crippen LogP contribution is -3.11. The topological polar surface area (TPSA) is 65.9 Å². The molecule has 1 heterocycles. The van der Waals surface area contributed by atoms with Crippen molar-refractivity contribution in [3.8, 4) is 0 Å². The van der Waals surface area contributed by atoms with Crippen LogP contribution >= 0.6 is 0 Å². The standard InChI is InChI=1S/C23H36N4O2/c1-26(2)20-13-11-18(12-14-20)21(27-15-7-8-16-27)17-24-22(28)23(29)25-19-9-5-3-4-6-10-19/h11-14,19,21H,3-10,15-17H2,1-2H3,(H,24,28)(H,25,29)/p+1/t21-/m1/s1. The average Bonchev–Trinajstić information content (AvgIpc) is 3.13. The number of nitrogens with zero attached hydrogens (tertiary/aromatic N) is 1. The summed E-state index contributed by atoms with van der Waals surface area (Å²) < 4.78 is 0. The predicted octanol–water partition coefficient (Wildman–Crippen LogP) is 1.43. The fourth-order valence-corrected chi connectivity index (χ4v) is 4.63. The monoisotopic (exact) mass is 401 g/mol. The summed E-state index contributed by atoms with van der Waals surface area (Å²) in [5.41, 5.74) is 2.38. The number of carbonyl (C=O) groups is 2. The fourth-order valence-electron chi connectivity index (χ4n) is 4.63. The van der Waals surface area contributed by atoms with Crippen molar-refractivity contribution in [2.24, 2.45) is 0 Å². The zero-order valence-corrected chi connectivity index (χ0v) is 18.0. The zero-order chi connectivity index (χ0) is 20.6. The smallest absolute Gasteiger partial charge is 0.309 e. The van der Waals surface area contributed by atoms with Crippen molar-refractivity contribution in [1.82, 2.24) is 10.6 Å². The Balaban J connectivity index is 1.58. The van der Waals surface area contributed by atoms with Gasteiger partial charge < -0.3 is 20.4 Å². The number of likely N-dealkylation sites (tertiary alicyclic amines) is 1. The van der Waals surface area contributed by atoms with Crippen molar-refractivity contribution in [2.45, 2.75) is 63.5 Å². The zero-order valence-electron chi connectivity index (χ0n) is 18.0. The maximum absolute atomic E-state index is 12.5. The number of hydrogen-bond acceptors (Lipinski definition) is 3. The number of anilines is 1. The Bertz CT molecular complexity index is 660. The highest BCUT2D eigenvalue weighted by atomic mass is 16.2. The summed E-state index contributed by atoms with van der Waals surface area (Å²) in [6.07, 6.45) is 9.13. The Labute approximate surface area is 175 Å². The number of amides is 2. The number of nitrogens with one attached hydrogen (secondary N) is 3. The van der Waals surface area contributed by atoms with Crippen LogP contribution in [0, 0.1) is 0 Å². The van der Waals surface area contributed by atoms with E-state index >= 15 is 0 Å². The van der Waals surface area contributed by atoms with Crippen LogP contribution < -0.4 is 20.4 Å². The molecule has 0 bridgehead atoms. The van der Waals surface area contributed by atoms with Crippen LogP contribution in [0.25, 0.3) is 0 Å². The fraction of sp³-hybridized carbons (Fsp3) is 0.652. The van der Waals surface area contributed by atoms with Crippen LogP contribution in [0.5, 0.6) is 0 Å². The normalized spacial score (nSPS) is 19.4. The van der Waals surface area contributed by atoms with Gasteiger partial charge >= 0.3 is 11.8 Å². The third-order valence-electron chi connectivity index (χ3n) is 6.41. The minimum Gasteiger partial charge on any atom is -0.378 e. The Hall–Kier alpha value is -2.08. The van der Waals surface area contributed by atoms with Gasteiger partial charge in [0, 0.05) is 44.2 Å². The lowest BCUT2D eigenvalue weighted by molar-refractivity contribution is -0.918. The highest BCUT2D eigenvalue weighted by molar-refractivity contribution is 6.35. The summed E-state index contributed by atoms with van der Waals surface area (Å²) in [7, 11) is 4.07. The van der Waals surface area contributed by atoms with Crippen LogP contribution in [0.2, 0.25) is 0 Å². The Morgan fingerprint density at radius 1 is 0.966 bits per heavy atom. The first-order valence-corrected chi connectivity index (χ1v) is 11.2. The SMILES string of the molecule is CN(C)c1ccc([C@@H](CNC(=O)C(=O)NC2CCCCCC2)[NH+]2CCCC2)cc1. The van der Waals surface area contributed by atoms with E-state index < -0.39 is 11.8 Å². The van der Waals surface area contributed by atoms with Crippen LogP contribution in [-0.2, 0) is 9.59 Å². The number of benzene rings is 1. The van der Waals surface area contributed by atoms with Gasteiger partial charge in [-0.15, -0.1) is 0 Å². The van der Waals surface area contributed by atoms with E-state index in [4.69, 9.17) is 0 Å². The summed E-state index contributed by atoms with van der Waals surface area (Å²) in [5.74, 6) is -0.974. The molecule has 1 aromatic rings. The molecule has 3 N–H and O–H groups in total. The molecule has 6 nitrogen and oxygen atoms in total. The van der Waals surface area contributed by atoms with Gasteiger partial charge in [0.15, 0.2) is 0 Å². The van der Waals surface area contributed by atoms with Crippen molar-refractivity contribution >= 4 is 17.5 Å². The first-order valence-electron chi connectivity index (χ1n) is 11.2. The van der Waals surface area contributed by atoms with Crippen molar-refractivity contribution in [3.05, 3.63) is 29.8 Å². The maximum Gasteiger partial charge on any atom is 0.309 e. The van der Waals surface area contributed by atoms with Gasteiger partial charge in [-0.1, -0.05) is 37.8 Å². The molecule has 2 aliphatic rings. The van der Waals surface area contributed by atoms with Crippen LogP contribution in [0.4, 0.5) is 5.69 Å². The summed E-state index contributed by atoms with van der Waals surface area (Å²) >= 11 is 0. The number of hydrogen-bond donors (Lipinski definition) is 3. The van der Waals surface area contributed by atoms with E-state index in [9.17, 15) is 9.59 Å². The van der Waals surface area contributed by atoms with Crippen LogP contribution in [-0.4, -0.2) is 51.6 Å². The van der Waals surface area contributed by atoms with Crippen molar-refractivity contribution < 1.29 is 14.5 Å². The second-order valence-corrected chi connectivity index (χ2v) is 8.78. The molecule has 160 valence electrons. The molecule has 3 rings (SSSR count). The molecule has 0 spiro atoms. The number of carbonyl (C=O) groups excluding carboxylic acids is 2. The van der Waals surface area contributed by atoms with E-state index in [-0.39, 0.29) is 12.1 Å². The van der Waals surface area contributed by atoms with E-state index in [0.717, 1.165) is 44.5 Å². The minimum absolute atomic E-state index is 0.148. The van der Waals surface area contributed by atoms with Crippen LogP contribution in [0.1, 0.15) is 63.0 Å². The van der Waals surface area contributed by atoms with E-state index in [1.54, 1.807) is 0 Å².